The number of aromatic nitrogens is 2. The highest BCUT2D eigenvalue weighted by atomic mass is 16.5. The van der Waals surface area contributed by atoms with E-state index in [1.807, 2.05) is 48.5 Å². The summed E-state index contributed by atoms with van der Waals surface area (Å²) in [7, 11) is 0. The van der Waals surface area contributed by atoms with Gasteiger partial charge in [0.15, 0.2) is 6.61 Å². The summed E-state index contributed by atoms with van der Waals surface area (Å²) in [5, 5.41) is 12.8. The van der Waals surface area contributed by atoms with Crippen LogP contribution in [-0.2, 0) is 20.7 Å². The first-order chi connectivity index (χ1) is 17.1. The van der Waals surface area contributed by atoms with Gasteiger partial charge in [0, 0.05) is 17.5 Å². The molecule has 0 aliphatic carbocycles. The number of carbonyl (C=O) groups is 3. The molecule has 9 nitrogen and oxygen atoms in total. The molecular weight excluding hydrogens is 448 g/mol. The second kappa shape index (κ2) is 11.4. The van der Waals surface area contributed by atoms with Gasteiger partial charge >= 0.3 is 12.0 Å². The van der Waals surface area contributed by atoms with Crippen molar-refractivity contribution >= 4 is 23.8 Å². The molecule has 9 heteroatoms. The summed E-state index contributed by atoms with van der Waals surface area (Å²) >= 11 is 0. The quantitative estimate of drug-likeness (QED) is 0.360. The lowest BCUT2D eigenvalue weighted by molar-refractivity contribution is -0.149. The summed E-state index contributed by atoms with van der Waals surface area (Å²) in [6, 6.07) is 25.7. The van der Waals surface area contributed by atoms with Gasteiger partial charge < -0.3 is 14.5 Å². The Bertz CT molecular complexity index is 1280. The Hall–Kier alpha value is -4.79. The molecule has 0 saturated carbocycles. The number of nitrogens with one attached hydrogen (secondary N) is 2. The maximum Gasteiger partial charge on any atom is 0.329 e. The Balaban J connectivity index is 1.36. The van der Waals surface area contributed by atoms with Gasteiger partial charge in [-0.3, -0.25) is 14.9 Å². The number of anilines is 1. The van der Waals surface area contributed by atoms with Gasteiger partial charge in [0.05, 0.1) is 0 Å². The minimum absolute atomic E-state index is 0.122. The SMILES string of the molecule is O=C(COC(=O)C(Cc1ccccc1)NC(=O)c1ccccc1)Nc1nnc(-c2ccccc2)o1. The van der Waals surface area contributed by atoms with Crippen LogP contribution in [0.1, 0.15) is 15.9 Å². The topological polar surface area (TPSA) is 123 Å². The van der Waals surface area contributed by atoms with E-state index in [1.54, 1.807) is 42.5 Å². The first-order valence-electron chi connectivity index (χ1n) is 10.8. The Labute approximate surface area is 201 Å². The van der Waals surface area contributed by atoms with Crippen LogP contribution in [0.15, 0.2) is 95.4 Å². The van der Waals surface area contributed by atoms with E-state index >= 15 is 0 Å². The number of hydrogen-bond donors (Lipinski definition) is 2. The van der Waals surface area contributed by atoms with Gasteiger partial charge in [0.1, 0.15) is 6.04 Å². The Morgan fingerprint density at radius 3 is 2.14 bits per heavy atom. The van der Waals surface area contributed by atoms with E-state index in [4.69, 9.17) is 9.15 Å². The minimum Gasteiger partial charge on any atom is -0.454 e. The van der Waals surface area contributed by atoms with Crippen molar-refractivity contribution in [2.75, 3.05) is 11.9 Å². The average molecular weight is 470 g/mol. The second-order valence-electron chi connectivity index (χ2n) is 7.52. The lowest BCUT2D eigenvalue weighted by atomic mass is 10.1. The zero-order chi connectivity index (χ0) is 24.5. The molecule has 2 amide bonds. The third-order valence-electron chi connectivity index (χ3n) is 4.95. The first kappa shape index (κ1) is 23.4. The molecule has 1 unspecified atom stereocenters. The molecule has 1 heterocycles. The fraction of sp³-hybridized carbons (Fsp3) is 0.115. The molecule has 1 atom stereocenters. The lowest BCUT2D eigenvalue weighted by Gasteiger charge is -2.18. The van der Waals surface area contributed by atoms with Gasteiger partial charge in [-0.25, -0.2) is 4.79 Å². The van der Waals surface area contributed by atoms with Gasteiger partial charge in [-0.2, -0.15) is 0 Å². The molecule has 4 rings (SSSR count). The molecule has 176 valence electrons. The number of nitrogens with zero attached hydrogens (tertiary/aromatic N) is 2. The first-order valence-corrected chi connectivity index (χ1v) is 10.8. The van der Waals surface area contributed by atoms with Crippen LogP contribution in [-0.4, -0.2) is 40.6 Å². The third-order valence-corrected chi connectivity index (χ3v) is 4.95. The third kappa shape index (κ3) is 6.61. The van der Waals surface area contributed by atoms with Crippen molar-refractivity contribution < 1.29 is 23.5 Å². The summed E-state index contributed by atoms with van der Waals surface area (Å²) in [4.78, 5) is 37.7. The highest BCUT2D eigenvalue weighted by Crippen LogP contribution is 2.19. The zero-order valence-electron chi connectivity index (χ0n) is 18.6. The van der Waals surface area contributed by atoms with Crippen molar-refractivity contribution in [3.8, 4) is 11.5 Å². The van der Waals surface area contributed by atoms with Crippen molar-refractivity contribution in [3.05, 3.63) is 102 Å². The lowest BCUT2D eigenvalue weighted by Crippen LogP contribution is -2.44. The highest BCUT2D eigenvalue weighted by molar-refractivity contribution is 5.97. The molecule has 4 aromatic rings. The van der Waals surface area contributed by atoms with Gasteiger partial charge in [-0.05, 0) is 29.8 Å². The predicted molar refractivity (Wildman–Crippen MR) is 127 cm³/mol. The number of benzene rings is 3. The largest absolute Gasteiger partial charge is 0.454 e. The molecule has 2 N–H and O–H groups in total. The van der Waals surface area contributed by atoms with Crippen LogP contribution in [0.5, 0.6) is 0 Å². The van der Waals surface area contributed by atoms with E-state index in [-0.39, 0.29) is 18.3 Å². The van der Waals surface area contributed by atoms with E-state index in [1.165, 1.54) is 0 Å². The Morgan fingerprint density at radius 2 is 1.46 bits per heavy atom. The number of hydrogen-bond acceptors (Lipinski definition) is 7. The van der Waals surface area contributed by atoms with Gasteiger partial charge in [0.2, 0.25) is 5.89 Å². The van der Waals surface area contributed by atoms with Crippen LogP contribution in [0, 0.1) is 0 Å². The second-order valence-corrected chi connectivity index (χ2v) is 7.52. The molecule has 0 fully saturated rings. The van der Waals surface area contributed by atoms with Crippen LogP contribution < -0.4 is 10.6 Å². The molecule has 0 saturated heterocycles. The molecule has 1 aromatic heterocycles. The summed E-state index contributed by atoms with van der Waals surface area (Å²) in [6.07, 6.45) is 0.198. The van der Waals surface area contributed by atoms with E-state index in [0.717, 1.165) is 5.56 Å². The molecule has 0 spiro atoms. The van der Waals surface area contributed by atoms with Crippen LogP contribution in [0.2, 0.25) is 0 Å². The Kier molecular flexibility index (Phi) is 7.59. The van der Waals surface area contributed by atoms with Gasteiger partial charge in [-0.15, -0.1) is 5.10 Å². The highest BCUT2D eigenvalue weighted by Gasteiger charge is 2.24. The van der Waals surface area contributed by atoms with Crippen molar-refractivity contribution in [2.24, 2.45) is 0 Å². The van der Waals surface area contributed by atoms with Gasteiger partial charge in [0.25, 0.3) is 11.8 Å². The molecule has 0 aliphatic rings. The van der Waals surface area contributed by atoms with Crippen molar-refractivity contribution in [1.29, 1.82) is 0 Å². The van der Waals surface area contributed by atoms with Crippen LogP contribution in [0.25, 0.3) is 11.5 Å². The molecule has 0 bridgehead atoms. The van der Waals surface area contributed by atoms with E-state index in [9.17, 15) is 14.4 Å². The average Bonchev–Trinajstić information content (AvgIpc) is 3.37. The summed E-state index contributed by atoms with van der Waals surface area (Å²) < 4.78 is 10.6. The summed E-state index contributed by atoms with van der Waals surface area (Å²) in [6.45, 7) is -0.589. The molecule has 35 heavy (non-hydrogen) atoms. The fourth-order valence-corrected chi connectivity index (χ4v) is 3.24. The molecule has 0 aliphatic heterocycles. The van der Waals surface area contributed by atoms with Gasteiger partial charge in [-0.1, -0.05) is 71.8 Å². The smallest absolute Gasteiger partial charge is 0.329 e. The standard InChI is InChI=1S/C26H22N4O5/c31-22(28-26-30-29-24(35-26)20-14-8-3-9-15-20)17-34-25(33)21(16-18-10-4-1-5-11-18)27-23(32)19-12-6-2-7-13-19/h1-15,21H,16-17H2,(H,27,32)(H,28,30,31). The van der Waals surface area contributed by atoms with E-state index < -0.39 is 30.4 Å². The van der Waals surface area contributed by atoms with E-state index in [2.05, 4.69) is 20.8 Å². The fourth-order valence-electron chi connectivity index (χ4n) is 3.24. The Morgan fingerprint density at radius 1 is 0.829 bits per heavy atom. The maximum atomic E-state index is 12.8. The maximum absolute atomic E-state index is 12.8. The molecule has 0 radical (unpaired) electrons. The van der Waals surface area contributed by atoms with Crippen LogP contribution in [0.3, 0.4) is 0 Å². The van der Waals surface area contributed by atoms with Crippen molar-refractivity contribution in [3.63, 3.8) is 0 Å². The summed E-state index contributed by atoms with van der Waals surface area (Å²) in [5.74, 6) is -1.59. The molecular formula is C26H22N4O5. The monoisotopic (exact) mass is 470 g/mol. The minimum atomic E-state index is -0.994. The normalized spacial score (nSPS) is 11.3. The number of rotatable bonds is 9. The van der Waals surface area contributed by atoms with Crippen molar-refractivity contribution in [2.45, 2.75) is 12.5 Å². The predicted octanol–water partition coefficient (Wildman–Crippen LogP) is 3.26. The zero-order valence-corrected chi connectivity index (χ0v) is 18.6. The van der Waals surface area contributed by atoms with Crippen molar-refractivity contribution in [1.82, 2.24) is 15.5 Å². The van der Waals surface area contributed by atoms with E-state index in [0.29, 0.717) is 11.1 Å². The molecule has 3 aromatic carbocycles. The summed E-state index contributed by atoms with van der Waals surface area (Å²) in [5.41, 5.74) is 1.93. The number of amides is 2. The van der Waals surface area contributed by atoms with Crippen LogP contribution in [0.4, 0.5) is 6.01 Å². The number of carbonyl (C=O) groups excluding carboxylic acids is 3. The number of ether oxygens (including phenoxy) is 1. The van der Waals surface area contributed by atoms with Crippen LogP contribution >= 0.6 is 0 Å². The number of esters is 1.